The van der Waals surface area contributed by atoms with Crippen LogP contribution >= 0.6 is 0 Å². The van der Waals surface area contributed by atoms with Crippen LogP contribution in [-0.4, -0.2) is 75.6 Å². The fourth-order valence-corrected chi connectivity index (χ4v) is 4.97. The van der Waals surface area contributed by atoms with Crippen molar-refractivity contribution in [3.05, 3.63) is 60.2 Å². The SMILES string of the molecule is COC(=O)N[C@H](C(=O)N1CCC[C@H]1c1ncc(-c2ccc(-c3ccc(C(=O)CNC(=O)OC(C)(C)C)cc3)nc2)[nH]1)C(C)C. The van der Waals surface area contributed by atoms with Crippen LogP contribution in [0.2, 0.25) is 0 Å². The molecule has 3 heterocycles. The lowest BCUT2D eigenvalue weighted by atomic mass is 10.0. The summed E-state index contributed by atoms with van der Waals surface area (Å²) >= 11 is 0. The van der Waals surface area contributed by atoms with Gasteiger partial charge < -0.3 is 30.0 Å². The number of likely N-dealkylation sites (tertiary alicyclic amines) is 1. The van der Waals surface area contributed by atoms with Gasteiger partial charge in [-0.05, 0) is 51.7 Å². The molecular formula is C32H40N6O6. The molecule has 0 saturated carbocycles. The summed E-state index contributed by atoms with van der Waals surface area (Å²) in [6, 6.07) is 9.89. The molecule has 4 rings (SSSR count). The molecule has 1 aliphatic heterocycles. The van der Waals surface area contributed by atoms with Gasteiger partial charge in [0, 0.05) is 29.4 Å². The quantitative estimate of drug-likeness (QED) is 0.292. The van der Waals surface area contributed by atoms with Crippen LogP contribution < -0.4 is 10.6 Å². The van der Waals surface area contributed by atoms with Gasteiger partial charge in [-0.15, -0.1) is 0 Å². The van der Waals surface area contributed by atoms with Gasteiger partial charge in [0.05, 0.1) is 37.3 Å². The monoisotopic (exact) mass is 604 g/mol. The number of hydrogen-bond acceptors (Lipinski definition) is 8. The Morgan fingerprint density at radius 2 is 1.70 bits per heavy atom. The number of aromatic nitrogens is 3. The number of aromatic amines is 1. The van der Waals surface area contributed by atoms with E-state index >= 15 is 0 Å². The predicted molar refractivity (Wildman–Crippen MR) is 164 cm³/mol. The van der Waals surface area contributed by atoms with E-state index in [-0.39, 0.29) is 30.2 Å². The van der Waals surface area contributed by atoms with Crippen molar-refractivity contribution in [2.45, 2.75) is 65.1 Å². The number of H-pyrrole nitrogens is 1. The van der Waals surface area contributed by atoms with E-state index in [1.54, 1.807) is 50.2 Å². The number of nitrogens with zero attached hydrogens (tertiary/aromatic N) is 3. The lowest BCUT2D eigenvalue weighted by Gasteiger charge is -2.30. The van der Waals surface area contributed by atoms with Gasteiger partial charge >= 0.3 is 12.2 Å². The zero-order chi connectivity index (χ0) is 32.0. The van der Waals surface area contributed by atoms with Crippen molar-refractivity contribution in [1.29, 1.82) is 0 Å². The summed E-state index contributed by atoms with van der Waals surface area (Å²) in [5.41, 5.74) is 2.98. The van der Waals surface area contributed by atoms with Gasteiger partial charge in [0.2, 0.25) is 5.91 Å². The molecule has 3 amide bonds. The van der Waals surface area contributed by atoms with Crippen LogP contribution in [0.15, 0.2) is 48.8 Å². The number of hydrogen-bond donors (Lipinski definition) is 3. The van der Waals surface area contributed by atoms with Crippen LogP contribution in [-0.2, 0) is 14.3 Å². The highest BCUT2D eigenvalue weighted by molar-refractivity contribution is 5.99. The zero-order valence-corrected chi connectivity index (χ0v) is 26.0. The standard InChI is InChI=1S/C32H40N6O6/c1-19(2)27(37-31(42)43-6)29(40)38-15-7-8-25(38)28-34-17-24(36-28)22-13-14-23(33-16-22)20-9-11-21(12-10-20)26(39)18-35-30(41)44-32(3,4)5/h9-14,16-17,19,25,27H,7-8,15,18H2,1-6H3,(H,34,36)(H,35,41)(H,37,42)/t25-,27-/m0/s1. The Morgan fingerprint density at radius 1 is 1.00 bits per heavy atom. The van der Waals surface area contributed by atoms with Crippen molar-refractivity contribution in [2.24, 2.45) is 5.92 Å². The number of imidazole rings is 1. The number of Topliss-reactive ketones (excluding diaryl/α,β-unsaturated/α-hetero) is 1. The highest BCUT2D eigenvalue weighted by Crippen LogP contribution is 2.33. The van der Waals surface area contributed by atoms with Crippen LogP contribution in [0.3, 0.4) is 0 Å². The van der Waals surface area contributed by atoms with E-state index < -0.39 is 23.8 Å². The summed E-state index contributed by atoms with van der Waals surface area (Å²) < 4.78 is 9.88. The van der Waals surface area contributed by atoms with Gasteiger partial charge in [-0.1, -0.05) is 38.1 Å². The third-order valence-electron chi connectivity index (χ3n) is 7.21. The highest BCUT2D eigenvalue weighted by atomic mass is 16.6. The number of amides is 3. The lowest BCUT2D eigenvalue weighted by molar-refractivity contribution is -0.135. The topological polar surface area (TPSA) is 156 Å². The van der Waals surface area contributed by atoms with Crippen molar-refractivity contribution in [3.8, 4) is 22.5 Å². The van der Waals surface area contributed by atoms with Crippen molar-refractivity contribution in [1.82, 2.24) is 30.5 Å². The molecule has 0 spiro atoms. The number of pyridine rings is 1. The van der Waals surface area contributed by atoms with Gasteiger partial charge in [0.1, 0.15) is 17.5 Å². The predicted octanol–water partition coefficient (Wildman–Crippen LogP) is 4.89. The first-order valence-corrected chi connectivity index (χ1v) is 14.6. The first-order valence-electron chi connectivity index (χ1n) is 14.6. The van der Waals surface area contributed by atoms with Crippen molar-refractivity contribution >= 4 is 23.9 Å². The first-order chi connectivity index (χ1) is 20.9. The van der Waals surface area contributed by atoms with E-state index in [2.05, 4.69) is 25.6 Å². The smallest absolute Gasteiger partial charge is 0.408 e. The number of carbonyl (C=O) groups excluding carboxylic acids is 4. The molecule has 1 aromatic carbocycles. The molecule has 234 valence electrons. The average Bonchev–Trinajstić information content (AvgIpc) is 3.68. The molecule has 1 saturated heterocycles. The Kier molecular flexibility index (Phi) is 10.0. The number of alkyl carbamates (subject to hydrolysis) is 2. The van der Waals surface area contributed by atoms with E-state index in [0.717, 1.165) is 35.4 Å². The largest absolute Gasteiger partial charge is 0.453 e. The van der Waals surface area contributed by atoms with Crippen LogP contribution in [0.4, 0.5) is 9.59 Å². The molecule has 3 aromatic rings. The van der Waals surface area contributed by atoms with Crippen LogP contribution in [0, 0.1) is 5.92 Å². The molecule has 3 N–H and O–H groups in total. The number of benzene rings is 1. The van der Waals surface area contributed by atoms with Gasteiger partial charge in [-0.2, -0.15) is 0 Å². The average molecular weight is 605 g/mol. The fraction of sp³-hybridized carbons (Fsp3) is 0.438. The second-order valence-electron chi connectivity index (χ2n) is 12.0. The number of methoxy groups -OCH3 is 1. The Hall–Kier alpha value is -4.74. The van der Waals surface area contributed by atoms with Crippen LogP contribution in [0.1, 0.15) is 69.7 Å². The van der Waals surface area contributed by atoms with Gasteiger partial charge in [0.25, 0.3) is 0 Å². The van der Waals surface area contributed by atoms with Crippen LogP contribution in [0.25, 0.3) is 22.5 Å². The molecule has 1 aliphatic rings. The maximum atomic E-state index is 13.4. The molecule has 0 bridgehead atoms. The number of rotatable bonds is 9. The third-order valence-corrected chi connectivity index (χ3v) is 7.21. The van der Waals surface area contributed by atoms with Crippen molar-refractivity contribution < 1.29 is 28.7 Å². The van der Waals surface area contributed by atoms with Gasteiger partial charge in [-0.3, -0.25) is 14.6 Å². The molecular weight excluding hydrogens is 564 g/mol. The molecule has 0 unspecified atom stereocenters. The number of ketones is 1. The zero-order valence-electron chi connectivity index (χ0n) is 26.0. The number of carbonyl (C=O) groups is 4. The molecule has 12 nitrogen and oxygen atoms in total. The number of ether oxygens (including phenoxy) is 2. The van der Waals surface area contributed by atoms with E-state index in [4.69, 9.17) is 9.47 Å². The molecule has 12 heteroatoms. The maximum Gasteiger partial charge on any atom is 0.408 e. The minimum Gasteiger partial charge on any atom is -0.453 e. The van der Waals surface area contributed by atoms with E-state index in [9.17, 15) is 19.2 Å². The van der Waals surface area contributed by atoms with E-state index in [1.165, 1.54) is 7.11 Å². The molecule has 2 atom stereocenters. The Bertz CT molecular complexity index is 1480. The third kappa shape index (κ3) is 8.00. The Labute approximate surface area is 256 Å². The summed E-state index contributed by atoms with van der Waals surface area (Å²) in [7, 11) is 1.27. The molecule has 1 fully saturated rings. The van der Waals surface area contributed by atoms with Crippen LogP contribution in [0.5, 0.6) is 0 Å². The fourth-order valence-electron chi connectivity index (χ4n) is 4.97. The summed E-state index contributed by atoms with van der Waals surface area (Å²) in [5, 5.41) is 5.14. The van der Waals surface area contributed by atoms with Crippen molar-refractivity contribution in [2.75, 3.05) is 20.2 Å². The normalized spacial score (nSPS) is 15.5. The molecule has 44 heavy (non-hydrogen) atoms. The second kappa shape index (κ2) is 13.7. The summed E-state index contributed by atoms with van der Waals surface area (Å²) in [6.07, 6.45) is 3.78. The molecule has 0 aliphatic carbocycles. The summed E-state index contributed by atoms with van der Waals surface area (Å²) in [6.45, 7) is 9.44. The van der Waals surface area contributed by atoms with E-state index in [0.29, 0.717) is 17.9 Å². The van der Waals surface area contributed by atoms with Gasteiger partial charge in [-0.25, -0.2) is 14.6 Å². The summed E-state index contributed by atoms with van der Waals surface area (Å²) in [4.78, 5) is 63.9. The van der Waals surface area contributed by atoms with E-state index in [1.807, 2.05) is 38.1 Å². The highest BCUT2D eigenvalue weighted by Gasteiger charge is 2.37. The van der Waals surface area contributed by atoms with Gasteiger partial charge in [0.15, 0.2) is 5.78 Å². The summed E-state index contributed by atoms with van der Waals surface area (Å²) in [5.74, 6) is 0.168. The first kappa shape index (κ1) is 32.2. The minimum atomic E-state index is -0.699. The Balaban J connectivity index is 1.40. The van der Waals surface area contributed by atoms with Crippen molar-refractivity contribution in [3.63, 3.8) is 0 Å². The minimum absolute atomic E-state index is 0.113. The maximum absolute atomic E-state index is 13.4. The molecule has 2 aromatic heterocycles. The lowest BCUT2D eigenvalue weighted by Crippen LogP contribution is -2.51. The second-order valence-corrected chi connectivity index (χ2v) is 12.0. The number of nitrogens with one attached hydrogen (secondary N) is 3. The molecule has 0 radical (unpaired) electrons. The Morgan fingerprint density at radius 3 is 2.32 bits per heavy atom.